The topological polar surface area (TPSA) is 69.6 Å². The van der Waals surface area contributed by atoms with Crippen molar-refractivity contribution in [3.05, 3.63) is 0 Å². The number of rotatable bonds is 2. The first-order valence-corrected chi connectivity index (χ1v) is 4.32. The highest BCUT2D eigenvalue weighted by molar-refractivity contribution is 5.97. The number of β-amino-alcohol motifs (C(OH)–C–C–N with tert-alkyl or cyclic N) is 1. The van der Waals surface area contributed by atoms with Crippen LogP contribution in [0.5, 0.6) is 0 Å². The fourth-order valence-electron chi connectivity index (χ4n) is 1.28. The molecule has 1 heterocycles. The van der Waals surface area contributed by atoms with Gasteiger partial charge in [-0.25, -0.2) is 0 Å². The first-order valence-electron chi connectivity index (χ1n) is 4.32. The summed E-state index contributed by atoms with van der Waals surface area (Å²) in [5, 5.41) is 11.7. The van der Waals surface area contributed by atoms with Gasteiger partial charge in [-0.3, -0.25) is 9.59 Å². The van der Waals surface area contributed by atoms with Crippen molar-refractivity contribution in [2.24, 2.45) is 0 Å². The molecule has 1 unspecified atom stereocenters. The largest absolute Gasteiger partial charge is 0.392 e. The normalized spacial score (nSPS) is 20.9. The standard InChI is InChI=1S/C8H14N2O3/c1-6(11)5-10-3-2-9-7(12)4-8(10)13/h6,11H,2-5H2,1H3,(H,9,12). The molecule has 74 valence electrons. The number of hydrogen-bond acceptors (Lipinski definition) is 3. The molecule has 1 rings (SSSR count). The van der Waals surface area contributed by atoms with Crippen molar-refractivity contribution in [3.63, 3.8) is 0 Å². The molecule has 1 saturated heterocycles. The highest BCUT2D eigenvalue weighted by Gasteiger charge is 2.21. The first-order chi connectivity index (χ1) is 6.09. The van der Waals surface area contributed by atoms with E-state index in [1.807, 2.05) is 0 Å². The second-order valence-electron chi connectivity index (χ2n) is 3.22. The molecule has 5 heteroatoms. The molecule has 13 heavy (non-hydrogen) atoms. The number of aliphatic hydroxyl groups excluding tert-OH is 1. The maximum absolute atomic E-state index is 11.3. The van der Waals surface area contributed by atoms with Crippen molar-refractivity contribution in [3.8, 4) is 0 Å². The quantitative estimate of drug-likeness (QED) is 0.527. The average molecular weight is 186 g/mol. The minimum atomic E-state index is -0.544. The fraction of sp³-hybridized carbons (Fsp3) is 0.750. The van der Waals surface area contributed by atoms with Crippen LogP contribution in [0.25, 0.3) is 0 Å². The van der Waals surface area contributed by atoms with Gasteiger partial charge in [0.2, 0.25) is 11.8 Å². The van der Waals surface area contributed by atoms with E-state index in [-0.39, 0.29) is 18.2 Å². The Balaban J connectivity index is 2.53. The molecule has 2 amide bonds. The predicted molar refractivity (Wildman–Crippen MR) is 45.9 cm³/mol. The van der Waals surface area contributed by atoms with Gasteiger partial charge in [0.15, 0.2) is 0 Å². The number of hydrogen-bond donors (Lipinski definition) is 2. The molecule has 5 nitrogen and oxygen atoms in total. The SMILES string of the molecule is CC(O)CN1CCNC(=O)CC1=O. The molecule has 0 saturated carbocycles. The van der Waals surface area contributed by atoms with E-state index in [0.29, 0.717) is 19.6 Å². The van der Waals surface area contributed by atoms with Crippen LogP contribution in [0.15, 0.2) is 0 Å². The number of amides is 2. The van der Waals surface area contributed by atoms with Gasteiger partial charge >= 0.3 is 0 Å². The summed E-state index contributed by atoms with van der Waals surface area (Å²) < 4.78 is 0. The van der Waals surface area contributed by atoms with Crippen LogP contribution in [0.3, 0.4) is 0 Å². The van der Waals surface area contributed by atoms with E-state index in [1.54, 1.807) is 6.92 Å². The predicted octanol–water partition coefficient (Wildman–Crippen LogP) is -1.28. The third-order valence-electron chi connectivity index (χ3n) is 1.85. The third kappa shape index (κ3) is 3.02. The van der Waals surface area contributed by atoms with Crippen molar-refractivity contribution in [2.75, 3.05) is 19.6 Å². The molecule has 0 spiro atoms. The van der Waals surface area contributed by atoms with E-state index in [4.69, 9.17) is 5.11 Å². The lowest BCUT2D eigenvalue weighted by atomic mass is 10.3. The number of nitrogens with one attached hydrogen (secondary N) is 1. The summed E-state index contributed by atoms with van der Waals surface area (Å²) in [7, 11) is 0. The van der Waals surface area contributed by atoms with Crippen molar-refractivity contribution in [1.29, 1.82) is 0 Å². The first kappa shape index (κ1) is 9.98. The van der Waals surface area contributed by atoms with Crippen LogP contribution in [0.4, 0.5) is 0 Å². The molecule has 0 aromatic rings. The second kappa shape index (κ2) is 4.23. The van der Waals surface area contributed by atoms with E-state index in [2.05, 4.69) is 5.32 Å². The minimum Gasteiger partial charge on any atom is -0.392 e. The molecule has 1 fully saturated rings. The zero-order valence-electron chi connectivity index (χ0n) is 7.62. The van der Waals surface area contributed by atoms with Gasteiger partial charge in [0.25, 0.3) is 0 Å². The molecule has 1 aliphatic rings. The maximum atomic E-state index is 11.3. The van der Waals surface area contributed by atoms with Crippen molar-refractivity contribution < 1.29 is 14.7 Å². The minimum absolute atomic E-state index is 0.104. The average Bonchev–Trinajstić information content (AvgIpc) is 2.13. The molecule has 0 aliphatic carbocycles. The third-order valence-corrected chi connectivity index (χ3v) is 1.85. The monoisotopic (exact) mass is 186 g/mol. The lowest BCUT2D eigenvalue weighted by Crippen LogP contribution is -2.37. The molecular formula is C8H14N2O3. The van der Waals surface area contributed by atoms with Gasteiger partial charge in [-0.05, 0) is 6.92 Å². The highest BCUT2D eigenvalue weighted by atomic mass is 16.3. The fourth-order valence-corrected chi connectivity index (χ4v) is 1.28. The van der Waals surface area contributed by atoms with Crippen molar-refractivity contribution >= 4 is 11.8 Å². The lowest BCUT2D eigenvalue weighted by Gasteiger charge is -2.20. The van der Waals surface area contributed by atoms with Gasteiger partial charge in [-0.2, -0.15) is 0 Å². The molecule has 0 bridgehead atoms. The van der Waals surface area contributed by atoms with Crippen LogP contribution in [-0.4, -0.2) is 47.6 Å². The summed E-state index contributed by atoms with van der Waals surface area (Å²) in [5.74, 6) is -0.450. The van der Waals surface area contributed by atoms with Gasteiger partial charge < -0.3 is 15.3 Å². The summed E-state index contributed by atoms with van der Waals surface area (Å²) >= 11 is 0. The summed E-state index contributed by atoms with van der Waals surface area (Å²) in [6.07, 6.45) is -0.649. The van der Waals surface area contributed by atoms with Crippen LogP contribution in [0.1, 0.15) is 13.3 Å². The summed E-state index contributed by atoms with van der Waals surface area (Å²) in [5.41, 5.74) is 0. The second-order valence-corrected chi connectivity index (χ2v) is 3.22. The molecule has 0 radical (unpaired) electrons. The van der Waals surface area contributed by atoms with Crippen LogP contribution in [0, 0.1) is 0 Å². The van der Waals surface area contributed by atoms with Gasteiger partial charge in [-0.1, -0.05) is 0 Å². The molecule has 2 N–H and O–H groups in total. The van der Waals surface area contributed by atoms with Crippen LogP contribution >= 0.6 is 0 Å². The van der Waals surface area contributed by atoms with E-state index in [0.717, 1.165) is 0 Å². The maximum Gasteiger partial charge on any atom is 0.232 e. The van der Waals surface area contributed by atoms with Gasteiger partial charge in [0.05, 0.1) is 6.10 Å². The highest BCUT2D eigenvalue weighted by Crippen LogP contribution is 1.99. The Hall–Kier alpha value is -1.10. The summed E-state index contributed by atoms with van der Waals surface area (Å²) in [6, 6.07) is 0. The number of carbonyl (C=O) groups excluding carboxylic acids is 2. The Morgan fingerprint density at radius 3 is 2.92 bits per heavy atom. The summed E-state index contributed by atoms with van der Waals surface area (Å²) in [4.78, 5) is 23.7. The van der Waals surface area contributed by atoms with Crippen molar-refractivity contribution in [2.45, 2.75) is 19.4 Å². The zero-order chi connectivity index (χ0) is 9.84. The van der Waals surface area contributed by atoms with Crippen LogP contribution < -0.4 is 5.32 Å². The Morgan fingerprint density at radius 1 is 1.62 bits per heavy atom. The number of carbonyl (C=O) groups is 2. The molecular weight excluding hydrogens is 172 g/mol. The molecule has 0 aromatic carbocycles. The van der Waals surface area contributed by atoms with Crippen LogP contribution in [-0.2, 0) is 9.59 Å². The van der Waals surface area contributed by atoms with E-state index < -0.39 is 6.10 Å². The zero-order valence-corrected chi connectivity index (χ0v) is 7.62. The number of nitrogens with zero attached hydrogens (tertiary/aromatic N) is 1. The molecule has 0 aromatic heterocycles. The van der Waals surface area contributed by atoms with Gasteiger partial charge in [0, 0.05) is 19.6 Å². The Morgan fingerprint density at radius 2 is 2.31 bits per heavy atom. The van der Waals surface area contributed by atoms with Crippen molar-refractivity contribution in [1.82, 2.24) is 10.2 Å². The smallest absolute Gasteiger partial charge is 0.232 e. The summed E-state index contributed by atoms with van der Waals surface area (Å²) in [6.45, 7) is 2.87. The van der Waals surface area contributed by atoms with Gasteiger partial charge in [0.1, 0.15) is 6.42 Å². The molecule has 1 aliphatic heterocycles. The van der Waals surface area contributed by atoms with E-state index in [9.17, 15) is 9.59 Å². The Labute approximate surface area is 76.7 Å². The number of aliphatic hydroxyl groups is 1. The Bertz CT molecular complexity index is 215. The molecule has 1 atom stereocenters. The van der Waals surface area contributed by atoms with Gasteiger partial charge in [-0.15, -0.1) is 0 Å². The van der Waals surface area contributed by atoms with E-state index >= 15 is 0 Å². The Kier molecular flexibility index (Phi) is 3.25. The van der Waals surface area contributed by atoms with E-state index in [1.165, 1.54) is 4.90 Å². The lowest BCUT2D eigenvalue weighted by molar-refractivity contribution is -0.135. The van der Waals surface area contributed by atoms with Crippen LogP contribution in [0.2, 0.25) is 0 Å².